The van der Waals surface area contributed by atoms with Crippen molar-refractivity contribution in [3.05, 3.63) is 47.5 Å². The highest BCUT2D eigenvalue weighted by molar-refractivity contribution is 5.69. The monoisotopic (exact) mass is 245 g/mol. The maximum absolute atomic E-state index is 11.8. The molecule has 2 rings (SSSR count). The summed E-state index contributed by atoms with van der Waals surface area (Å²) in [5, 5.41) is 2.88. The Hall–Kier alpha value is -1.77. The van der Waals surface area contributed by atoms with Gasteiger partial charge in [-0.05, 0) is 38.3 Å². The van der Waals surface area contributed by atoms with E-state index in [0.717, 1.165) is 12.0 Å². The van der Waals surface area contributed by atoms with Crippen LogP contribution in [0.25, 0.3) is 0 Å². The largest absolute Gasteiger partial charge is 0.444 e. The summed E-state index contributed by atoms with van der Waals surface area (Å²) < 4.78 is 5.27. The molecule has 0 fully saturated rings. The first-order valence-electron chi connectivity index (χ1n) is 6.20. The first-order valence-corrected chi connectivity index (χ1v) is 6.20. The van der Waals surface area contributed by atoms with Crippen LogP contribution in [0, 0.1) is 0 Å². The summed E-state index contributed by atoms with van der Waals surface area (Å²) in [6, 6.07) is 8.04. The molecule has 0 saturated heterocycles. The van der Waals surface area contributed by atoms with Gasteiger partial charge in [-0.25, -0.2) is 4.79 Å². The van der Waals surface area contributed by atoms with E-state index in [-0.39, 0.29) is 12.1 Å². The van der Waals surface area contributed by atoms with Gasteiger partial charge in [-0.2, -0.15) is 0 Å². The number of hydrogen-bond donors (Lipinski definition) is 1. The van der Waals surface area contributed by atoms with Gasteiger partial charge < -0.3 is 10.1 Å². The number of fused-ring (bicyclic) bond motifs is 1. The van der Waals surface area contributed by atoms with E-state index in [1.54, 1.807) is 0 Å². The molecule has 1 aromatic rings. The van der Waals surface area contributed by atoms with E-state index in [0.29, 0.717) is 0 Å². The van der Waals surface area contributed by atoms with Gasteiger partial charge in [-0.15, -0.1) is 0 Å². The third kappa shape index (κ3) is 3.13. The molecule has 0 spiro atoms. The fraction of sp³-hybridized carbons (Fsp3) is 0.400. The highest BCUT2D eigenvalue weighted by Gasteiger charge is 2.21. The second kappa shape index (κ2) is 4.84. The summed E-state index contributed by atoms with van der Waals surface area (Å²) in [5.74, 6) is 0. The van der Waals surface area contributed by atoms with Crippen molar-refractivity contribution in [3.63, 3.8) is 0 Å². The van der Waals surface area contributed by atoms with Crippen LogP contribution in [0.1, 0.15) is 37.9 Å². The van der Waals surface area contributed by atoms with Gasteiger partial charge in [-0.1, -0.05) is 36.4 Å². The number of carbonyl (C=O) groups excluding carboxylic acids is 1. The molecule has 0 aromatic heterocycles. The minimum absolute atomic E-state index is 0.0928. The molecule has 0 heterocycles. The number of amides is 1. The lowest BCUT2D eigenvalue weighted by molar-refractivity contribution is 0.0513. The predicted molar refractivity (Wildman–Crippen MR) is 71.4 cm³/mol. The van der Waals surface area contributed by atoms with E-state index in [1.165, 1.54) is 5.56 Å². The molecule has 1 unspecified atom stereocenters. The molecular weight excluding hydrogens is 226 g/mol. The number of allylic oxidation sites excluding steroid dienone is 1. The molecule has 1 aromatic carbocycles. The Morgan fingerprint density at radius 1 is 1.33 bits per heavy atom. The summed E-state index contributed by atoms with van der Waals surface area (Å²) in [5.41, 5.74) is 1.93. The maximum atomic E-state index is 11.8. The Morgan fingerprint density at radius 2 is 2.06 bits per heavy atom. The van der Waals surface area contributed by atoms with Crippen LogP contribution in [0.15, 0.2) is 36.4 Å². The van der Waals surface area contributed by atoms with Gasteiger partial charge in [0.25, 0.3) is 0 Å². The molecule has 1 aliphatic carbocycles. The molecule has 18 heavy (non-hydrogen) atoms. The minimum Gasteiger partial charge on any atom is -0.444 e. The van der Waals surface area contributed by atoms with E-state index < -0.39 is 5.60 Å². The van der Waals surface area contributed by atoms with Crippen molar-refractivity contribution >= 4 is 6.09 Å². The van der Waals surface area contributed by atoms with Crippen LogP contribution < -0.4 is 5.32 Å². The molecule has 96 valence electrons. The van der Waals surface area contributed by atoms with Gasteiger partial charge in [0.2, 0.25) is 0 Å². The van der Waals surface area contributed by atoms with E-state index in [2.05, 4.69) is 17.5 Å². The van der Waals surface area contributed by atoms with E-state index >= 15 is 0 Å². The molecule has 1 atom stereocenters. The van der Waals surface area contributed by atoms with Gasteiger partial charge >= 0.3 is 6.09 Å². The second-order valence-electron chi connectivity index (χ2n) is 5.45. The van der Waals surface area contributed by atoms with Crippen LogP contribution >= 0.6 is 0 Å². The van der Waals surface area contributed by atoms with Gasteiger partial charge in [0, 0.05) is 0 Å². The molecule has 1 amide bonds. The lowest BCUT2D eigenvalue weighted by Gasteiger charge is -2.25. The van der Waals surface area contributed by atoms with E-state index in [4.69, 9.17) is 4.74 Å². The fourth-order valence-electron chi connectivity index (χ4n) is 2.02. The van der Waals surface area contributed by atoms with E-state index in [1.807, 2.05) is 45.0 Å². The standard InChI is InChI=1S/C15H19NO2/c1-15(2,3)18-14(17)16-13-10-6-8-11-7-4-5-9-12(11)13/h4-7,9-10,13H,8H2,1-3H3,(H,16,17). The average Bonchev–Trinajstić information content (AvgIpc) is 2.27. The van der Waals surface area contributed by atoms with Gasteiger partial charge in [-0.3, -0.25) is 0 Å². The molecule has 1 aliphatic rings. The van der Waals surface area contributed by atoms with Crippen molar-refractivity contribution in [2.24, 2.45) is 0 Å². The second-order valence-corrected chi connectivity index (χ2v) is 5.45. The average molecular weight is 245 g/mol. The molecular formula is C15H19NO2. The topological polar surface area (TPSA) is 38.3 Å². The Kier molecular flexibility index (Phi) is 3.41. The lowest BCUT2D eigenvalue weighted by atomic mass is 9.93. The third-order valence-electron chi connectivity index (χ3n) is 2.73. The summed E-state index contributed by atoms with van der Waals surface area (Å²) in [4.78, 5) is 11.8. The summed E-state index contributed by atoms with van der Waals surface area (Å²) >= 11 is 0. The Labute approximate surface area is 108 Å². The number of rotatable bonds is 1. The Morgan fingerprint density at radius 3 is 2.78 bits per heavy atom. The number of ether oxygens (including phenoxy) is 1. The molecule has 3 heteroatoms. The first kappa shape index (κ1) is 12.7. The smallest absolute Gasteiger partial charge is 0.408 e. The zero-order valence-electron chi connectivity index (χ0n) is 11.1. The van der Waals surface area contributed by atoms with Crippen molar-refractivity contribution in [1.29, 1.82) is 0 Å². The highest BCUT2D eigenvalue weighted by Crippen LogP contribution is 2.24. The predicted octanol–water partition coefficient (Wildman–Crippen LogP) is 3.36. The SMILES string of the molecule is CC(C)(C)OC(=O)NC1C=CCc2ccccc21. The normalized spacial score (nSPS) is 18.1. The van der Waals surface area contributed by atoms with Crippen molar-refractivity contribution < 1.29 is 9.53 Å². The number of hydrogen-bond acceptors (Lipinski definition) is 2. The number of alkyl carbamates (subject to hydrolysis) is 1. The summed E-state index contributed by atoms with van der Waals surface area (Å²) in [7, 11) is 0. The van der Waals surface area contributed by atoms with Crippen molar-refractivity contribution in [2.45, 2.75) is 38.8 Å². The molecule has 1 N–H and O–H groups in total. The van der Waals surface area contributed by atoms with Gasteiger partial charge in [0.1, 0.15) is 5.60 Å². The molecule has 0 bridgehead atoms. The maximum Gasteiger partial charge on any atom is 0.408 e. The quantitative estimate of drug-likeness (QED) is 0.770. The number of benzene rings is 1. The fourth-order valence-corrected chi connectivity index (χ4v) is 2.02. The molecule has 3 nitrogen and oxygen atoms in total. The molecule has 0 saturated carbocycles. The summed E-state index contributed by atoms with van der Waals surface area (Å²) in [6.45, 7) is 5.58. The van der Waals surface area contributed by atoms with Crippen LogP contribution in [0.2, 0.25) is 0 Å². The molecule has 0 aliphatic heterocycles. The Balaban J connectivity index is 2.08. The van der Waals surface area contributed by atoms with Gasteiger partial charge in [0.15, 0.2) is 0 Å². The minimum atomic E-state index is -0.470. The van der Waals surface area contributed by atoms with Crippen molar-refractivity contribution in [3.8, 4) is 0 Å². The van der Waals surface area contributed by atoms with Crippen LogP contribution in [0.4, 0.5) is 4.79 Å². The van der Waals surface area contributed by atoms with E-state index in [9.17, 15) is 4.79 Å². The van der Waals surface area contributed by atoms with Crippen molar-refractivity contribution in [1.82, 2.24) is 5.32 Å². The Bertz CT molecular complexity index is 472. The van der Waals surface area contributed by atoms with Crippen LogP contribution in [-0.4, -0.2) is 11.7 Å². The lowest BCUT2D eigenvalue weighted by Crippen LogP contribution is -2.35. The van der Waals surface area contributed by atoms with Crippen LogP contribution in [0.3, 0.4) is 0 Å². The zero-order chi connectivity index (χ0) is 13.2. The van der Waals surface area contributed by atoms with Crippen molar-refractivity contribution in [2.75, 3.05) is 0 Å². The van der Waals surface area contributed by atoms with Crippen LogP contribution in [0.5, 0.6) is 0 Å². The first-order chi connectivity index (χ1) is 8.46. The third-order valence-corrected chi connectivity index (χ3v) is 2.73. The zero-order valence-corrected chi connectivity index (χ0v) is 11.1. The molecule has 0 radical (unpaired) electrons. The summed E-state index contributed by atoms with van der Waals surface area (Å²) in [6.07, 6.45) is 4.62. The number of carbonyl (C=O) groups is 1. The highest BCUT2D eigenvalue weighted by atomic mass is 16.6. The number of nitrogens with one attached hydrogen (secondary N) is 1. The van der Waals surface area contributed by atoms with Gasteiger partial charge in [0.05, 0.1) is 6.04 Å². The van der Waals surface area contributed by atoms with Crippen LogP contribution in [-0.2, 0) is 11.2 Å².